The first-order chi connectivity index (χ1) is 4.52. The number of hydrogen-bond donors (Lipinski definition) is 0. The van der Waals surface area contributed by atoms with E-state index < -0.39 is 10.0 Å². The maximum Gasteiger partial charge on any atom is 0.251 e. The van der Waals surface area contributed by atoms with Crippen molar-refractivity contribution in [2.45, 2.75) is 6.92 Å². The Bertz CT molecular complexity index is 325. The lowest BCUT2D eigenvalue weighted by Crippen LogP contribution is -2.12. The molecule has 56 valence electrons. The maximum absolute atomic E-state index is 10.8. The van der Waals surface area contributed by atoms with Crippen LogP contribution in [0.4, 0.5) is 0 Å². The summed E-state index contributed by atoms with van der Waals surface area (Å²) in [7, 11) is -3.18. The molecule has 1 rings (SSSR count). The van der Waals surface area contributed by atoms with E-state index in [4.69, 9.17) is 0 Å². The first kappa shape index (κ1) is 7.27. The molecule has 1 heterocycles. The molecule has 0 spiro atoms. The Labute approximate surface area is 59.5 Å². The van der Waals surface area contributed by atoms with Crippen LogP contribution in [0.15, 0.2) is 12.3 Å². The summed E-state index contributed by atoms with van der Waals surface area (Å²) in [5, 5.41) is 3.62. The van der Waals surface area contributed by atoms with Crippen LogP contribution in [0.25, 0.3) is 0 Å². The lowest BCUT2D eigenvalue weighted by Gasteiger charge is -1.97. The SMILES string of the molecule is Cc1ccnn1S(C)(=O)=O. The average Bonchev–Trinajstić information content (AvgIpc) is 2.11. The summed E-state index contributed by atoms with van der Waals surface area (Å²) < 4.78 is 22.6. The summed E-state index contributed by atoms with van der Waals surface area (Å²) in [4.78, 5) is 0. The smallest absolute Gasteiger partial charge is 0.205 e. The highest BCUT2D eigenvalue weighted by Crippen LogP contribution is 1.98. The van der Waals surface area contributed by atoms with Crippen molar-refractivity contribution >= 4 is 10.0 Å². The molecule has 0 atom stereocenters. The van der Waals surface area contributed by atoms with Crippen molar-refractivity contribution < 1.29 is 8.42 Å². The molecule has 0 aliphatic carbocycles. The molecule has 0 bridgehead atoms. The van der Waals surface area contributed by atoms with Crippen LogP contribution in [0.2, 0.25) is 0 Å². The fourth-order valence-corrected chi connectivity index (χ4v) is 1.51. The Hall–Kier alpha value is -0.840. The molecule has 0 aliphatic rings. The van der Waals surface area contributed by atoms with E-state index >= 15 is 0 Å². The molecule has 1 aromatic heterocycles. The van der Waals surface area contributed by atoms with Gasteiger partial charge in [-0.05, 0) is 13.0 Å². The van der Waals surface area contributed by atoms with Crippen molar-refractivity contribution in [2.75, 3.05) is 6.26 Å². The second-order valence-electron chi connectivity index (χ2n) is 2.08. The fraction of sp³-hybridized carbons (Fsp3) is 0.400. The predicted molar refractivity (Wildman–Crippen MR) is 37.2 cm³/mol. The number of nitrogens with zero attached hydrogens (tertiary/aromatic N) is 2. The Morgan fingerprint density at radius 2 is 2.20 bits per heavy atom. The number of rotatable bonds is 1. The molecule has 0 fully saturated rings. The minimum Gasteiger partial charge on any atom is -0.205 e. The Kier molecular flexibility index (Phi) is 1.52. The van der Waals surface area contributed by atoms with Crippen molar-refractivity contribution in [2.24, 2.45) is 0 Å². The molecule has 4 nitrogen and oxygen atoms in total. The van der Waals surface area contributed by atoms with E-state index in [1.807, 2.05) is 0 Å². The summed E-state index contributed by atoms with van der Waals surface area (Å²) in [5.74, 6) is 0. The van der Waals surface area contributed by atoms with Gasteiger partial charge in [-0.15, -0.1) is 0 Å². The zero-order chi connectivity index (χ0) is 7.78. The summed E-state index contributed by atoms with van der Waals surface area (Å²) in [5.41, 5.74) is 0.627. The number of aryl methyl sites for hydroxylation is 1. The fourth-order valence-electron chi connectivity index (χ4n) is 0.704. The third kappa shape index (κ3) is 1.18. The molecule has 5 heteroatoms. The first-order valence-corrected chi connectivity index (χ1v) is 4.58. The molecule has 0 amide bonds. The van der Waals surface area contributed by atoms with E-state index in [0.717, 1.165) is 10.3 Å². The number of hydrogen-bond acceptors (Lipinski definition) is 3. The molecule has 0 aliphatic heterocycles. The molecule has 0 saturated carbocycles. The van der Waals surface area contributed by atoms with E-state index in [1.165, 1.54) is 6.20 Å². The van der Waals surface area contributed by atoms with E-state index in [-0.39, 0.29) is 0 Å². The van der Waals surface area contributed by atoms with Crippen LogP contribution in [0.1, 0.15) is 5.69 Å². The van der Waals surface area contributed by atoms with Gasteiger partial charge in [-0.1, -0.05) is 0 Å². The zero-order valence-electron chi connectivity index (χ0n) is 5.77. The van der Waals surface area contributed by atoms with Crippen LogP contribution >= 0.6 is 0 Å². The summed E-state index contributed by atoms with van der Waals surface area (Å²) >= 11 is 0. The van der Waals surface area contributed by atoms with E-state index in [2.05, 4.69) is 5.10 Å². The van der Waals surface area contributed by atoms with Crippen molar-refractivity contribution in [3.8, 4) is 0 Å². The highest BCUT2D eigenvalue weighted by Gasteiger charge is 2.06. The van der Waals surface area contributed by atoms with Gasteiger partial charge in [0, 0.05) is 0 Å². The summed E-state index contributed by atoms with van der Waals surface area (Å²) in [6.45, 7) is 1.69. The molecule has 0 unspecified atom stereocenters. The molecular formula is C5H8N2O2S. The van der Waals surface area contributed by atoms with Gasteiger partial charge in [-0.3, -0.25) is 0 Å². The lowest BCUT2D eigenvalue weighted by atomic mass is 10.5. The standard InChI is InChI=1S/C5H8N2O2S/c1-5-3-4-6-7(5)10(2,8)9/h3-4H,1-2H3. The van der Waals surface area contributed by atoms with E-state index in [9.17, 15) is 8.42 Å². The monoisotopic (exact) mass is 160 g/mol. The van der Waals surface area contributed by atoms with Gasteiger partial charge in [-0.2, -0.15) is 9.19 Å². The first-order valence-electron chi connectivity index (χ1n) is 2.73. The lowest BCUT2D eigenvalue weighted by molar-refractivity contribution is 0.584. The number of aromatic nitrogens is 2. The third-order valence-corrected chi connectivity index (χ3v) is 2.11. The Morgan fingerprint density at radius 3 is 2.40 bits per heavy atom. The molecule has 10 heavy (non-hydrogen) atoms. The topological polar surface area (TPSA) is 52.0 Å². The zero-order valence-corrected chi connectivity index (χ0v) is 6.59. The highest BCUT2D eigenvalue weighted by atomic mass is 32.2. The Morgan fingerprint density at radius 1 is 1.60 bits per heavy atom. The van der Waals surface area contributed by atoms with Crippen LogP contribution in [-0.2, 0) is 10.0 Å². The molecule has 0 aromatic carbocycles. The summed E-state index contributed by atoms with van der Waals surface area (Å²) in [6, 6.07) is 1.64. The molecule has 0 radical (unpaired) electrons. The van der Waals surface area contributed by atoms with Crippen molar-refractivity contribution in [3.05, 3.63) is 18.0 Å². The molecule has 0 N–H and O–H groups in total. The molecule has 0 saturated heterocycles. The van der Waals surface area contributed by atoms with Gasteiger partial charge in [-0.25, -0.2) is 8.42 Å². The highest BCUT2D eigenvalue weighted by molar-refractivity contribution is 7.89. The van der Waals surface area contributed by atoms with E-state index in [0.29, 0.717) is 5.69 Å². The third-order valence-electron chi connectivity index (χ3n) is 1.10. The van der Waals surface area contributed by atoms with Crippen LogP contribution in [0, 0.1) is 6.92 Å². The predicted octanol–water partition coefficient (Wildman–Crippen LogP) is -0.000780. The van der Waals surface area contributed by atoms with Gasteiger partial charge < -0.3 is 0 Å². The van der Waals surface area contributed by atoms with Crippen LogP contribution in [0.5, 0.6) is 0 Å². The molecule has 1 aromatic rings. The summed E-state index contributed by atoms with van der Waals surface area (Å²) in [6.07, 6.45) is 2.57. The maximum atomic E-state index is 10.8. The van der Waals surface area contributed by atoms with Gasteiger partial charge >= 0.3 is 0 Å². The minimum absolute atomic E-state index is 0.627. The van der Waals surface area contributed by atoms with Gasteiger partial charge in [0.15, 0.2) is 0 Å². The molecular weight excluding hydrogens is 152 g/mol. The van der Waals surface area contributed by atoms with Gasteiger partial charge in [0.2, 0.25) is 0 Å². The van der Waals surface area contributed by atoms with E-state index in [1.54, 1.807) is 13.0 Å². The quantitative estimate of drug-likeness (QED) is 0.581. The van der Waals surface area contributed by atoms with Crippen molar-refractivity contribution in [1.82, 2.24) is 9.19 Å². The second kappa shape index (κ2) is 2.09. The normalized spacial score (nSPS) is 11.8. The van der Waals surface area contributed by atoms with Crippen LogP contribution in [0.3, 0.4) is 0 Å². The Balaban J connectivity index is 3.32. The van der Waals surface area contributed by atoms with Crippen LogP contribution in [-0.4, -0.2) is 23.9 Å². The minimum atomic E-state index is -3.18. The van der Waals surface area contributed by atoms with Gasteiger partial charge in [0.25, 0.3) is 10.0 Å². The van der Waals surface area contributed by atoms with Crippen molar-refractivity contribution in [3.63, 3.8) is 0 Å². The second-order valence-corrected chi connectivity index (χ2v) is 3.89. The van der Waals surface area contributed by atoms with Gasteiger partial charge in [0.1, 0.15) is 0 Å². The van der Waals surface area contributed by atoms with Crippen molar-refractivity contribution in [1.29, 1.82) is 0 Å². The average molecular weight is 160 g/mol. The van der Waals surface area contributed by atoms with Gasteiger partial charge in [0.05, 0.1) is 18.1 Å². The largest absolute Gasteiger partial charge is 0.251 e. The van der Waals surface area contributed by atoms with Crippen LogP contribution < -0.4 is 0 Å².